The highest BCUT2D eigenvalue weighted by Crippen LogP contribution is 2.35. The van der Waals surface area contributed by atoms with Gasteiger partial charge < -0.3 is 19.7 Å². The van der Waals surface area contributed by atoms with Crippen molar-refractivity contribution in [2.75, 3.05) is 20.4 Å². The molecule has 3 rings (SSSR count). The van der Waals surface area contributed by atoms with Gasteiger partial charge in [0.05, 0.1) is 12.7 Å². The van der Waals surface area contributed by atoms with E-state index in [2.05, 4.69) is 10.3 Å². The number of thiazole rings is 1. The summed E-state index contributed by atoms with van der Waals surface area (Å²) in [6.45, 7) is 5.36. The third-order valence-corrected chi connectivity index (χ3v) is 4.43. The Kier molecular flexibility index (Phi) is 5.01. The summed E-state index contributed by atoms with van der Waals surface area (Å²) in [5, 5.41) is 5.96. The summed E-state index contributed by atoms with van der Waals surface area (Å²) in [6, 6.07) is 6.01. The van der Waals surface area contributed by atoms with Gasteiger partial charge in [-0.2, -0.15) is 0 Å². The SMILES string of the molecule is CC(C)NC(=O)C[NH+](C)Cc1nc(-c2ccc3c(c2)OCO3)cs1. The van der Waals surface area contributed by atoms with Crippen LogP contribution in [0.2, 0.25) is 0 Å². The van der Waals surface area contributed by atoms with Gasteiger partial charge in [0, 0.05) is 17.0 Å². The van der Waals surface area contributed by atoms with Crippen LogP contribution in [-0.4, -0.2) is 37.3 Å². The largest absolute Gasteiger partial charge is 0.454 e. The maximum absolute atomic E-state index is 11.8. The molecule has 2 aromatic rings. The minimum Gasteiger partial charge on any atom is -0.454 e. The molecule has 6 nitrogen and oxygen atoms in total. The summed E-state index contributed by atoms with van der Waals surface area (Å²) in [5.74, 6) is 1.60. The highest BCUT2D eigenvalue weighted by atomic mass is 32.1. The standard InChI is InChI=1S/C17H21N3O3S/c1-11(2)18-16(21)7-20(3)8-17-19-13(9-24-17)12-4-5-14-15(6-12)23-10-22-14/h4-6,9,11H,7-8,10H2,1-3H3,(H,18,21)/p+1. The number of likely N-dealkylation sites (N-methyl/N-ethyl adjacent to an activating group) is 1. The summed E-state index contributed by atoms with van der Waals surface area (Å²) in [4.78, 5) is 17.6. The molecule has 1 aliphatic rings. The van der Waals surface area contributed by atoms with Gasteiger partial charge in [-0.25, -0.2) is 4.98 Å². The van der Waals surface area contributed by atoms with Crippen molar-refractivity contribution < 1.29 is 19.2 Å². The molecular formula is C17H22N3O3S+. The Labute approximate surface area is 145 Å². The lowest BCUT2D eigenvalue weighted by Crippen LogP contribution is -3.09. The highest BCUT2D eigenvalue weighted by molar-refractivity contribution is 7.09. The number of rotatable bonds is 6. The summed E-state index contributed by atoms with van der Waals surface area (Å²) >= 11 is 1.61. The predicted molar refractivity (Wildman–Crippen MR) is 92.4 cm³/mol. The molecular weight excluding hydrogens is 326 g/mol. The van der Waals surface area contributed by atoms with Gasteiger partial charge in [0.15, 0.2) is 18.0 Å². The van der Waals surface area contributed by atoms with Crippen molar-refractivity contribution in [3.05, 3.63) is 28.6 Å². The molecule has 0 saturated heterocycles. The van der Waals surface area contributed by atoms with Crippen LogP contribution in [0.3, 0.4) is 0 Å². The van der Waals surface area contributed by atoms with Crippen molar-refractivity contribution in [2.24, 2.45) is 0 Å². The lowest BCUT2D eigenvalue weighted by molar-refractivity contribution is -0.885. The molecule has 0 bridgehead atoms. The van der Waals surface area contributed by atoms with Crippen LogP contribution in [0.1, 0.15) is 18.9 Å². The van der Waals surface area contributed by atoms with E-state index in [-0.39, 0.29) is 18.7 Å². The minimum absolute atomic E-state index is 0.0649. The van der Waals surface area contributed by atoms with E-state index < -0.39 is 0 Å². The zero-order valence-corrected chi connectivity index (χ0v) is 14.9. The molecule has 24 heavy (non-hydrogen) atoms. The molecule has 1 aliphatic heterocycles. The quantitative estimate of drug-likeness (QED) is 0.820. The first-order chi connectivity index (χ1) is 11.5. The van der Waals surface area contributed by atoms with Gasteiger partial charge in [-0.15, -0.1) is 11.3 Å². The molecule has 7 heteroatoms. The number of carbonyl (C=O) groups excluding carboxylic acids is 1. The molecule has 1 aromatic carbocycles. The van der Waals surface area contributed by atoms with Gasteiger partial charge in [0.2, 0.25) is 6.79 Å². The second-order valence-corrected chi connectivity index (χ2v) is 7.17. The fourth-order valence-corrected chi connectivity index (χ4v) is 3.47. The molecule has 1 unspecified atom stereocenters. The number of amides is 1. The second kappa shape index (κ2) is 7.19. The predicted octanol–water partition coefficient (Wildman–Crippen LogP) is 1.08. The number of carbonyl (C=O) groups is 1. The molecule has 1 aromatic heterocycles. The van der Waals surface area contributed by atoms with Crippen LogP contribution >= 0.6 is 11.3 Å². The fraction of sp³-hybridized carbons (Fsp3) is 0.412. The summed E-state index contributed by atoms with van der Waals surface area (Å²) in [6.07, 6.45) is 0. The van der Waals surface area contributed by atoms with Crippen molar-refractivity contribution in [1.82, 2.24) is 10.3 Å². The van der Waals surface area contributed by atoms with E-state index in [1.807, 2.05) is 44.5 Å². The summed E-state index contributed by atoms with van der Waals surface area (Å²) in [5.41, 5.74) is 1.93. The van der Waals surface area contributed by atoms with Crippen LogP contribution in [0.5, 0.6) is 11.5 Å². The third kappa shape index (κ3) is 4.04. The van der Waals surface area contributed by atoms with Gasteiger partial charge >= 0.3 is 0 Å². The fourth-order valence-electron chi connectivity index (χ4n) is 2.55. The number of hydrogen-bond donors (Lipinski definition) is 2. The molecule has 0 aliphatic carbocycles. The zero-order chi connectivity index (χ0) is 17.1. The maximum atomic E-state index is 11.8. The topological polar surface area (TPSA) is 64.9 Å². The smallest absolute Gasteiger partial charge is 0.275 e. The van der Waals surface area contributed by atoms with Gasteiger partial charge in [-0.3, -0.25) is 4.79 Å². The van der Waals surface area contributed by atoms with E-state index in [4.69, 9.17) is 9.47 Å². The van der Waals surface area contributed by atoms with Crippen LogP contribution in [0, 0.1) is 0 Å². The van der Waals surface area contributed by atoms with Gasteiger partial charge in [-0.05, 0) is 32.0 Å². The van der Waals surface area contributed by atoms with Gasteiger partial charge in [0.25, 0.3) is 5.91 Å². The van der Waals surface area contributed by atoms with Crippen LogP contribution in [-0.2, 0) is 11.3 Å². The first-order valence-electron chi connectivity index (χ1n) is 7.96. The number of hydrogen-bond acceptors (Lipinski definition) is 5. The number of benzene rings is 1. The average Bonchev–Trinajstić information content (AvgIpc) is 3.13. The number of fused-ring (bicyclic) bond motifs is 1. The Morgan fingerprint density at radius 1 is 1.38 bits per heavy atom. The normalized spacial score (nSPS) is 14.0. The van der Waals surface area contributed by atoms with Crippen LogP contribution < -0.4 is 19.7 Å². The Balaban J connectivity index is 1.62. The Hall–Kier alpha value is -2.12. The number of ether oxygens (including phenoxy) is 2. The van der Waals surface area contributed by atoms with E-state index in [9.17, 15) is 4.79 Å². The summed E-state index contributed by atoms with van der Waals surface area (Å²) in [7, 11) is 2.00. The third-order valence-electron chi connectivity index (χ3n) is 3.59. The average molecular weight is 348 g/mol. The van der Waals surface area contributed by atoms with Crippen LogP contribution in [0.15, 0.2) is 23.6 Å². The zero-order valence-electron chi connectivity index (χ0n) is 14.1. The summed E-state index contributed by atoms with van der Waals surface area (Å²) < 4.78 is 10.7. The molecule has 0 fully saturated rings. The van der Waals surface area contributed by atoms with Crippen LogP contribution in [0.25, 0.3) is 11.3 Å². The van der Waals surface area contributed by atoms with E-state index in [0.717, 1.165) is 39.2 Å². The maximum Gasteiger partial charge on any atom is 0.275 e. The number of aromatic nitrogens is 1. The molecule has 2 N–H and O–H groups in total. The van der Waals surface area contributed by atoms with Crippen molar-refractivity contribution >= 4 is 17.2 Å². The van der Waals surface area contributed by atoms with E-state index in [0.29, 0.717) is 6.54 Å². The van der Waals surface area contributed by atoms with Crippen molar-refractivity contribution in [3.8, 4) is 22.8 Å². The molecule has 128 valence electrons. The first kappa shape index (κ1) is 16.7. The van der Waals surface area contributed by atoms with E-state index in [1.165, 1.54) is 0 Å². The molecule has 0 saturated carbocycles. The minimum atomic E-state index is 0.0649. The lowest BCUT2D eigenvalue weighted by Gasteiger charge is -2.13. The molecule has 1 amide bonds. The Bertz CT molecular complexity index is 730. The lowest BCUT2D eigenvalue weighted by atomic mass is 10.1. The highest BCUT2D eigenvalue weighted by Gasteiger charge is 2.17. The van der Waals surface area contributed by atoms with E-state index in [1.54, 1.807) is 11.3 Å². The number of quaternary nitrogens is 1. The molecule has 0 spiro atoms. The van der Waals surface area contributed by atoms with Gasteiger partial charge in [-0.1, -0.05) is 0 Å². The van der Waals surface area contributed by atoms with Gasteiger partial charge in [0.1, 0.15) is 11.6 Å². The van der Waals surface area contributed by atoms with Crippen molar-refractivity contribution in [3.63, 3.8) is 0 Å². The van der Waals surface area contributed by atoms with Crippen molar-refractivity contribution in [1.29, 1.82) is 0 Å². The first-order valence-corrected chi connectivity index (χ1v) is 8.84. The van der Waals surface area contributed by atoms with Crippen LogP contribution in [0.4, 0.5) is 0 Å². The second-order valence-electron chi connectivity index (χ2n) is 6.23. The monoisotopic (exact) mass is 348 g/mol. The Morgan fingerprint density at radius 3 is 2.96 bits per heavy atom. The van der Waals surface area contributed by atoms with Crippen molar-refractivity contribution in [2.45, 2.75) is 26.4 Å². The number of nitrogens with one attached hydrogen (secondary N) is 2. The van der Waals surface area contributed by atoms with E-state index >= 15 is 0 Å². The molecule has 2 heterocycles. The molecule has 0 radical (unpaired) electrons. The Morgan fingerprint density at radius 2 is 2.17 bits per heavy atom. The molecule has 1 atom stereocenters. The number of nitrogens with zero attached hydrogens (tertiary/aromatic N) is 1.